The van der Waals surface area contributed by atoms with Gasteiger partial charge in [0.25, 0.3) is 5.91 Å². The zero-order valence-corrected chi connectivity index (χ0v) is 21.5. The van der Waals surface area contributed by atoms with Crippen LogP contribution in [0.25, 0.3) is 0 Å². The fourth-order valence-corrected chi connectivity index (χ4v) is 4.80. The predicted octanol–water partition coefficient (Wildman–Crippen LogP) is 3.71. The van der Waals surface area contributed by atoms with Crippen molar-refractivity contribution >= 4 is 11.6 Å². The van der Waals surface area contributed by atoms with Crippen LogP contribution < -0.4 is 25.4 Å². The minimum absolute atomic E-state index is 0.134. The van der Waals surface area contributed by atoms with E-state index in [9.17, 15) is 9.90 Å². The summed E-state index contributed by atoms with van der Waals surface area (Å²) in [6.07, 6.45) is 2.34. The Morgan fingerprint density at radius 1 is 1.05 bits per heavy atom. The van der Waals surface area contributed by atoms with Gasteiger partial charge in [0.15, 0.2) is 11.5 Å². The maximum Gasteiger partial charge on any atom is 0.250 e. The number of benzene rings is 3. The Balaban J connectivity index is 1.28. The topological polar surface area (TPSA) is 97.1 Å². The predicted molar refractivity (Wildman–Crippen MR) is 146 cm³/mol. The van der Waals surface area contributed by atoms with Crippen LogP contribution in [0.2, 0.25) is 0 Å². The van der Waals surface area contributed by atoms with Crippen LogP contribution >= 0.6 is 0 Å². The van der Waals surface area contributed by atoms with Gasteiger partial charge in [-0.1, -0.05) is 48.5 Å². The van der Waals surface area contributed by atoms with E-state index in [2.05, 4.69) is 23.2 Å². The molecule has 1 aliphatic heterocycles. The summed E-state index contributed by atoms with van der Waals surface area (Å²) in [5, 5.41) is 12.7. The molecule has 7 heteroatoms. The first kappa shape index (κ1) is 26.5. The summed E-state index contributed by atoms with van der Waals surface area (Å²) in [4.78, 5) is 14.4. The Hall–Kier alpha value is -3.55. The first-order chi connectivity index (χ1) is 18.0. The number of carbonyl (C=O) groups excluding carboxylic acids is 1. The van der Waals surface area contributed by atoms with Crippen molar-refractivity contribution in [2.45, 2.75) is 38.8 Å². The molecule has 1 aliphatic rings. The normalized spacial score (nSPS) is 13.3. The van der Waals surface area contributed by atoms with Gasteiger partial charge in [-0.3, -0.25) is 4.79 Å². The molecule has 4 N–H and O–H groups in total. The van der Waals surface area contributed by atoms with Crippen LogP contribution in [-0.4, -0.2) is 49.9 Å². The smallest absolute Gasteiger partial charge is 0.250 e. The Kier molecular flexibility index (Phi) is 9.40. The lowest BCUT2D eigenvalue weighted by molar-refractivity contribution is 0.100. The number of hydrogen-bond donors (Lipinski definition) is 3. The third-order valence-electron chi connectivity index (χ3n) is 6.55. The number of amides is 1. The van der Waals surface area contributed by atoms with Crippen LogP contribution in [0.1, 0.15) is 40.4 Å². The number of primary amides is 1. The van der Waals surface area contributed by atoms with E-state index in [0.717, 1.165) is 59.8 Å². The van der Waals surface area contributed by atoms with Crippen LogP contribution in [0.5, 0.6) is 11.5 Å². The molecule has 1 unspecified atom stereocenters. The largest absolute Gasteiger partial charge is 0.488 e. The molecule has 0 saturated carbocycles. The summed E-state index contributed by atoms with van der Waals surface area (Å²) >= 11 is 0. The van der Waals surface area contributed by atoms with Gasteiger partial charge < -0.3 is 30.5 Å². The van der Waals surface area contributed by atoms with E-state index in [1.807, 2.05) is 60.7 Å². The highest BCUT2D eigenvalue weighted by Gasteiger charge is 2.25. The number of aliphatic hydroxyl groups is 1. The van der Waals surface area contributed by atoms with Crippen molar-refractivity contribution in [2.24, 2.45) is 5.73 Å². The Morgan fingerprint density at radius 3 is 2.51 bits per heavy atom. The number of nitrogens with two attached hydrogens (primary N) is 1. The molecule has 37 heavy (non-hydrogen) atoms. The third kappa shape index (κ3) is 7.24. The molecular formula is C30H37N3O4. The zero-order valence-electron chi connectivity index (χ0n) is 21.5. The molecule has 3 aromatic rings. The Labute approximate surface area is 219 Å². The van der Waals surface area contributed by atoms with Gasteiger partial charge in [0, 0.05) is 32.3 Å². The van der Waals surface area contributed by atoms with Crippen molar-refractivity contribution in [1.82, 2.24) is 5.32 Å². The number of carbonyl (C=O) groups is 1. The summed E-state index contributed by atoms with van der Waals surface area (Å²) < 4.78 is 12.0. The molecule has 0 aliphatic carbocycles. The van der Waals surface area contributed by atoms with Crippen LogP contribution in [0.3, 0.4) is 0 Å². The molecule has 1 heterocycles. The number of fused-ring (bicyclic) bond motifs is 1. The van der Waals surface area contributed by atoms with Crippen LogP contribution in [0.4, 0.5) is 5.69 Å². The molecule has 0 fully saturated rings. The van der Waals surface area contributed by atoms with Crippen molar-refractivity contribution in [3.05, 3.63) is 89.0 Å². The molecule has 196 valence electrons. The van der Waals surface area contributed by atoms with Gasteiger partial charge in [-0.25, -0.2) is 0 Å². The average Bonchev–Trinajstić information content (AvgIpc) is 3.32. The number of anilines is 1. The molecule has 0 aromatic heterocycles. The summed E-state index contributed by atoms with van der Waals surface area (Å²) in [6, 6.07) is 22.1. The second-order valence-corrected chi connectivity index (χ2v) is 9.46. The van der Waals surface area contributed by atoms with E-state index in [0.29, 0.717) is 31.7 Å². The molecule has 7 nitrogen and oxygen atoms in total. The van der Waals surface area contributed by atoms with Gasteiger partial charge in [0.05, 0.1) is 11.3 Å². The van der Waals surface area contributed by atoms with Crippen LogP contribution in [0.15, 0.2) is 66.7 Å². The SMILES string of the molecule is CC(Cc1cc2c(c(C(N)=O)c1)N(CCCO)CC2)NCCOc1ccccc1OCc1ccccc1. The molecule has 4 rings (SSSR count). The highest BCUT2D eigenvalue weighted by Crippen LogP contribution is 2.33. The number of ether oxygens (including phenoxy) is 2. The van der Waals surface area contributed by atoms with Crippen molar-refractivity contribution in [3.8, 4) is 11.5 Å². The summed E-state index contributed by atoms with van der Waals surface area (Å²) in [6.45, 7) is 5.51. The molecule has 0 radical (unpaired) electrons. The van der Waals surface area contributed by atoms with Gasteiger partial charge in [-0.2, -0.15) is 0 Å². The summed E-state index contributed by atoms with van der Waals surface area (Å²) in [7, 11) is 0. The van der Waals surface area contributed by atoms with Crippen LogP contribution in [-0.2, 0) is 19.4 Å². The van der Waals surface area contributed by atoms with Gasteiger partial charge in [0.1, 0.15) is 13.2 Å². The van der Waals surface area contributed by atoms with E-state index >= 15 is 0 Å². The monoisotopic (exact) mass is 503 g/mol. The minimum Gasteiger partial charge on any atom is -0.488 e. The number of hydrogen-bond acceptors (Lipinski definition) is 6. The van der Waals surface area contributed by atoms with Crippen molar-refractivity contribution < 1.29 is 19.4 Å². The van der Waals surface area contributed by atoms with Gasteiger partial charge in [-0.05, 0) is 61.1 Å². The number of nitrogens with one attached hydrogen (secondary N) is 1. The molecule has 1 atom stereocenters. The first-order valence-electron chi connectivity index (χ1n) is 13.0. The lowest BCUT2D eigenvalue weighted by Crippen LogP contribution is -2.32. The number of rotatable bonds is 14. The summed E-state index contributed by atoms with van der Waals surface area (Å²) in [5.41, 5.74) is 10.6. The number of aliphatic hydroxyl groups excluding tert-OH is 1. The molecular weight excluding hydrogens is 466 g/mol. The molecule has 1 amide bonds. The fourth-order valence-electron chi connectivity index (χ4n) is 4.80. The van der Waals surface area contributed by atoms with E-state index in [1.165, 1.54) is 0 Å². The quantitative estimate of drug-likeness (QED) is 0.290. The Morgan fingerprint density at radius 2 is 1.78 bits per heavy atom. The maximum atomic E-state index is 12.2. The molecule has 0 bridgehead atoms. The van der Waals surface area contributed by atoms with E-state index in [1.54, 1.807) is 0 Å². The summed E-state index contributed by atoms with van der Waals surface area (Å²) in [5.74, 6) is 1.05. The number of nitrogens with zero attached hydrogens (tertiary/aromatic N) is 1. The Bertz CT molecular complexity index is 1170. The van der Waals surface area contributed by atoms with E-state index in [-0.39, 0.29) is 12.6 Å². The average molecular weight is 504 g/mol. The van der Waals surface area contributed by atoms with Gasteiger partial charge >= 0.3 is 0 Å². The van der Waals surface area contributed by atoms with E-state index < -0.39 is 5.91 Å². The highest BCUT2D eigenvalue weighted by atomic mass is 16.5. The molecule has 0 saturated heterocycles. The molecule has 3 aromatic carbocycles. The van der Waals surface area contributed by atoms with Crippen molar-refractivity contribution in [3.63, 3.8) is 0 Å². The second-order valence-electron chi connectivity index (χ2n) is 9.46. The van der Waals surface area contributed by atoms with Gasteiger partial charge in [-0.15, -0.1) is 0 Å². The van der Waals surface area contributed by atoms with Crippen molar-refractivity contribution in [1.29, 1.82) is 0 Å². The zero-order chi connectivity index (χ0) is 26.0. The fraction of sp³-hybridized carbons (Fsp3) is 0.367. The lowest BCUT2D eigenvalue weighted by atomic mass is 9.98. The van der Waals surface area contributed by atoms with Gasteiger partial charge in [0.2, 0.25) is 0 Å². The van der Waals surface area contributed by atoms with Crippen molar-refractivity contribution in [2.75, 3.05) is 37.7 Å². The maximum absolute atomic E-state index is 12.2. The first-order valence-corrected chi connectivity index (χ1v) is 13.0. The second kappa shape index (κ2) is 13.1. The minimum atomic E-state index is -0.406. The van der Waals surface area contributed by atoms with Crippen LogP contribution in [0, 0.1) is 0 Å². The lowest BCUT2D eigenvalue weighted by Gasteiger charge is -2.22. The standard InChI is InChI=1S/C30H37N3O4/c1-22(18-24-19-25-12-15-33(14-7-16-34)29(25)26(20-24)30(31)35)32-13-17-36-27-10-5-6-11-28(27)37-21-23-8-3-2-4-9-23/h2-6,8-11,19-20,22,32,34H,7,12-18,21H2,1H3,(H2,31,35). The third-order valence-corrected chi connectivity index (χ3v) is 6.55. The molecule has 0 spiro atoms. The number of para-hydroxylation sites is 2. The highest BCUT2D eigenvalue weighted by molar-refractivity contribution is 6.00. The van der Waals surface area contributed by atoms with E-state index in [4.69, 9.17) is 15.2 Å².